The molecule has 7 nitrogen and oxygen atoms in total. The number of nitrogens with zero attached hydrogens (tertiary/aromatic N) is 3. The molecule has 2 aromatic rings. The fourth-order valence-corrected chi connectivity index (χ4v) is 2.88. The summed E-state index contributed by atoms with van der Waals surface area (Å²) in [6.45, 7) is 4.05. The zero-order valence-corrected chi connectivity index (χ0v) is 14.2. The molecule has 2 N–H and O–H groups in total. The highest BCUT2D eigenvalue weighted by Crippen LogP contribution is 2.21. The van der Waals surface area contributed by atoms with Gasteiger partial charge >= 0.3 is 0 Å². The highest BCUT2D eigenvalue weighted by molar-refractivity contribution is 5.79. The number of carbonyl (C=O) groups excluding carboxylic acids is 1. The van der Waals surface area contributed by atoms with E-state index in [1.54, 1.807) is 6.20 Å². The molecule has 1 aliphatic rings. The maximum Gasteiger partial charge on any atom is 0.247 e. The summed E-state index contributed by atoms with van der Waals surface area (Å²) >= 11 is 0. The Kier molecular flexibility index (Phi) is 6.03. The summed E-state index contributed by atoms with van der Waals surface area (Å²) in [7, 11) is 0. The number of morpholine rings is 1. The molecule has 25 heavy (non-hydrogen) atoms. The van der Waals surface area contributed by atoms with Gasteiger partial charge in [-0.3, -0.25) is 9.69 Å². The smallest absolute Gasteiger partial charge is 0.247 e. The highest BCUT2D eigenvalue weighted by Gasteiger charge is 2.25. The molecule has 1 atom stereocenters. The second-order valence-electron chi connectivity index (χ2n) is 6.11. The topological polar surface area (TPSA) is 82.6 Å². The van der Waals surface area contributed by atoms with E-state index >= 15 is 0 Å². The number of hydrogen-bond donors (Lipinski definition) is 1. The molecule has 1 amide bonds. The lowest BCUT2D eigenvalue weighted by Crippen LogP contribution is -2.47. The van der Waals surface area contributed by atoms with Crippen LogP contribution < -0.4 is 10.5 Å². The van der Waals surface area contributed by atoms with Crippen molar-refractivity contribution in [3.05, 3.63) is 48.5 Å². The van der Waals surface area contributed by atoms with Crippen LogP contribution in [0.15, 0.2) is 43.0 Å². The van der Waals surface area contributed by atoms with E-state index in [4.69, 9.17) is 15.2 Å². The average Bonchev–Trinajstić information content (AvgIpc) is 3.14. The van der Waals surface area contributed by atoms with Crippen molar-refractivity contribution in [1.82, 2.24) is 14.5 Å². The molecule has 0 aliphatic carbocycles. The first-order valence-corrected chi connectivity index (χ1v) is 8.52. The highest BCUT2D eigenvalue weighted by atomic mass is 16.5. The molecule has 0 radical (unpaired) electrons. The standard InChI is InChI=1S/C18H24N4O3/c19-18(23)17-13-22(9-11-25-17)12-15-4-1-2-5-16(15)24-10-3-7-21-8-6-20-14-21/h1-2,4-6,8,14,17H,3,7,9-13H2,(H2,19,23)/t17-/m1/s1. The van der Waals surface area contributed by atoms with Crippen molar-refractivity contribution < 1.29 is 14.3 Å². The molecule has 2 heterocycles. The fraction of sp³-hybridized carbons (Fsp3) is 0.444. The van der Waals surface area contributed by atoms with Crippen LogP contribution in [0.2, 0.25) is 0 Å². The van der Waals surface area contributed by atoms with Crippen molar-refractivity contribution in [2.75, 3.05) is 26.3 Å². The average molecular weight is 344 g/mol. The number of para-hydroxylation sites is 1. The lowest BCUT2D eigenvalue weighted by atomic mass is 10.1. The zero-order chi connectivity index (χ0) is 17.5. The van der Waals surface area contributed by atoms with E-state index in [9.17, 15) is 4.79 Å². The van der Waals surface area contributed by atoms with Gasteiger partial charge < -0.3 is 19.8 Å². The van der Waals surface area contributed by atoms with Crippen LogP contribution in [0.1, 0.15) is 12.0 Å². The predicted molar refractivity (Wildman–Crippen MR) is 93.0 cm³/mol. The summed E-state index contributed by atoms with van der Waals surface area (Å²) in [4.78, 5) is 17.5. The normalized spacial score (nSPS) is 18.2. The van der Waals surface area contributed by atoms with Gasteiger partial charge in [0.1, 0.15) is 11.9 Å². The zero-order valence-electron chi connectivity index (χ0n) is 14.2. The minimum Gasteiger partial charge on any atom is -0.493 e. The van der Waals surface area contributed by atoms with Crippen LogP contribution in [0.3, 0.4) is 0 Å². The van der Waals surface area contributed by atoms with Gasteiger partial charge in [0.2, 0.25) is 5.91 Å². The van der Waals surface area contributed by atoms with E-state index in [0.717, 1.165) is 30.8 Å². The molecule has 1 aromatic carbocycles. The van der Waals surface area contributed by atoms with E-state index in [1.165, 1.54) is 0 Å². The van der Waals surface area contributed by atoms with Crippen LogP contribution in [-0.2, 0) is 22.6 Å². The number of primary amides is 1. The molecule has 0 unspecified atom stereocenters. The maximum absolute atomic E-state index is 11.3. The Balaban J connectivity index is 1.52. The monoisotopic (exact) mass is 344 g/mol. The summed E-state index contributed by atoms with van der Waals surface area (Å²) in [6.07, 6.45) is 5.91. The van der Waals surface area contributed by atoms with E-state index < -0.39 is 12.0 Å². The molecular formula is C18H24N4O3. The van der Waals surface area contributed by atoms with Gasteiger partial charge in [-0.25, -0.2) is 4.98 Å². The van der Waals surface area contributed by atoms with Crippen LogP contribution in [0.4, 0.5) is 0 Å². The number of imidazole rings is 1. The Morgan fingerprint density at radius 1 is 1.40 bits per heavy atom. The van der Waals surface area contributed by atoms with Crippen LogP contribution in [-0.4, -0.2) is 52.8 Å². The molecule has 0 spiro atoms. The van der Waals surface area contributed by atoms with Crippen molar-refractivity contribution in [3.8, 4) is 5.75 Å². The summed E-state index contributed by atoms with van der Waals surface area (Å²) in [6, 6.07) is 8.01. The fourth-order valence-electron chi connectivity index (χ4n) is 2.88. The molecule has 3 rings (SSSR count). The first kappa shape index (κ1) is 17.4. The van der Waals surface area contributed by atoms with Crippen molar-refractivity contribution in [2.24, 2.45) is 5.73 Å². The summed E-state index contributed by atoms with van der Waals surface area (Å²) in [5, 5.41) is 0. The third kappa shape index (κ3) is 5.04. The Hall–Kier alpha value is -2.38. The Morgan fingerprint density at radius 2 is 2.28 bits per heavy atom. The Morgan fingerprint density at radius 3 is 3.08 bits per heavy atom. The quantitative estimate of drug-likeness (QED) is 0.724. The summed E-state index contributed by atoms with van der Waals surface area (Å²) in [5.41, 5.74) is 6.46. The van der Waals surface area contributed by atoms with E-state index in [1.807, 2.05) is 35.3 Å². The van der Waals surface area contributed by atoms with Crippen LogP contribution >= 0.6 is 0 Å². The van der Waals surface area contributed by atoms with E-state index in [0.29, 0.717) is 26.3 Å². The Bertz CT molecular complexity index is 675. The summed E-state index contributed by atoms with van der Waals surface area (Å²) in [5.74, 6) is 0.476. The molecule has 0 saturated carbocycles. The minimum absolute atomic E-state index is 0.409. The second kappa shape index (κ2) is 8.64. The molecular weight excluding hydrogens is 320 g/mol. The molecule has 1 saturated heterocycles. The number of aromatic nitrogens is 2. The largest absolute Gasteiger partial charge is 0.493 e. The number of nitrogens with two attached hydrogens (primary N) is 1. The third-order valence-electron chi connectivity index (χ3n) is 4.21. The lowest BCUT2D eigenvalue weighted by Gasteiger charge is -2.31. The number of hydrogen-bond acceptors (Lipinski definition) is 5. The predicted octanol–water partition coefficient (Wildman–Crippen LogP) is 1.04. The van der Waals surface area contributed by atoms with Gasteiger partial charge in [-0.15, -0.1) is 0 Å². The van der Waals surface area contributed by atoms with Crippen molar-refractivity contribution >= 4 is 5.91 Å². The molecule has 0 bridgehead atoms. The first-order chi connectivity index (χ1) is 12.2. The van der Waals surface area contributed by atoms with Crippen molar-refractivity contribution in [1.29, 1.82) is 0 Å². The SMILES string of the molecule is NC(=O)[C@H]1CN(Cc2ccccc2OCCCn2ccnc2)CCO1. The minimum atomic E-state index is -0.531. The van der Waals surface area contributed by atoms with Gasteiger partial charge in [0.15, 0.2) is 0 Å². The number of aryl methyl sites for hydroxylation is 1. The van der Waals surface area contributed by atoms with E-state index in [-0.39, 0.29) is 0 Å². The van der Waals surface area contributed by atoms with Crippen molar-refractivity contribution in [2.45, 2.75) is 25.6 Å². The Labute approximate surface area is 147 Å². The molecule has 1 aliphatic heterocycles. The maximum atomic E-state index is 11.3. The van der Waals surface area contributed by atoms with Crippen LogP contribution in [0.5, 0.6) is 5.75 Å². The number of rotatable bonds is 8. The number of carbonyl (C=O) groups is 1. The van der Waals surface area contributed by atoms with Gasteiger partial charge in [0, 0.05) is 44.1 Å². The lowest BCUT2D eigenvalue weighted by molar-refractivity contribution is -0.135. The molecule has 1 fully saturated rings. The van der Waals surface area contributed by atoms with Gasteiger partial charge in [-0.1, -0.05) is 18.2 Å². The first-order valence-electron chi connectivity index (χ1n) is 8.52. The number of benzene rings is 1. The van der Waals surface area contributed by atoms with Gasteiger partial charge in [-0.2, -0.15) is 0 Å². The van der Waals surface area contributed by atoms with E-state index in [2.05, 4.69) is 16.0 Å². The van der Waals surface area contributed by atoms with Crippen LogP contribution in [0, 0.1) is 0 Å². The van der Waals surface area contributed by atoms with Gasteiger partial charge in [0.25, 0.3) is 0 Å². The molecule has 1 aromatic heterocycles. The summed E-state index contributed by atoms with van der Waals surface area (Å²) < 4.78 is 13.4. The van der Waals surface area contributed by atoms with Gasteiger partial charge in [0.05, 0.1) is 19.5 Å². The number of amides is 1. The van der Waals surface area contributed by atoms with Gasteiger partial charge in [-0.05, 0) is 12.5 Å². The number of ether oxygens (including phenoxy) is 2. The van der Waals surface area contributed by atoms with Crippen LogP contribution in [0.25, 0.3) is 0 Å². The molecule has 7 heteroatoms. The molecule has 134 valence electrons. The third-order valence-corrected chi connectivity index (χ3v) is 4.21. The second-order valence-corrected chi connectivity index (χ2v) is 6.11. The van der Waals surface area contributed by atoms with Crippen molar-refractivity contribution in [3.63, 3.8) is 0 Å².